The summed E-state index contributed by atoms with van der Waals surface area (Å²) in [5, 5.41) is 17.8. The Balaban J connectivity index is 1.89. The van der Waals surface area contributed by atoms with Crippen LogP contribution in [-0.4, -0.2) is 20.6 Å². The molecule has 1 aliphatic heterocycles. The summed E-state index contributed by atoms with van der Waals surface area (Å²) in [7, 11) is 0. The van der Waals surface area contributed by atoms with Gasteiger partial charge in [0.05, 0.1) is 21.8 Å². The average Bonchev–Trinajstić information content (AvgIpc) is 2.88. The Hall–Kier alpha value is -2.40. The van der Waals surface area contributed by atoms with E-state index in [2.05, 4.69) is 0 Å². The van der Waals surface area contributed by atoms with Crippen LogP contribution in [0.3, 0.4) is 0 Å². The molecular weight excluding hydrogens is 401 g/mol. The zero-order chi connectivity index (χ0) is 19.8. The summed E-state index contributed by atoms with van der Waals surface area (Å²) in [5.41, 5.74) is -0.109. The monoisotopic (exact) mass is 412 g/mol. The number of rotatable bonds is 3. The molecule has 0 atom stereocenters. The van der Waals surface area contributed by atoms with Gasteiger partial charge >= 0.3 is 6.18 Å². The molecule has 27 heavy (non-hydrogen) atoms. The van der Waals surface area contributed by atoms with E-state index in [1.807, 2.05) is 0 Å². The lowest BCUT2D eigenvalue weighted by molar-refractivity contribution is -0.137. The van der Waals surface area contributed by atoms with Crippen LogP contribution in [0.15, 0.2) is 53.4 Å². The lowest BCUT2D eigenvalue weighted by atomic mass is 10.1. The van der Waals surface area contributed by atoms with E-state index in [4.69, 9.17) is 22.6 Å². The van der Waals surface area contributed by atoms with Crippen LogP contribution < -0.4 is 10.1 Å². The van der Waals surface area contributed by atoms with Crippen LogP contribution in [0.2, 0.25) is 0 Å². The Morgan fingerprint density at radius 2 is 1.78 bits per heavy atom. The van der Waals surface area contributed by atoms with E-state index >= 15 is 0 Å². The number of thioether (sulfide) groups is 1. The van der Waals surface area contributed by atoms with Crippen LogP contribution in [0.1, 0.15) is 11.1 Å². The van der Waals surface area contributed by atoms with Gasteiger partial charge in [0.1, 0.15) is 0 Å². The number of thiocarbonyl (C=S) groups is 1. The number of nitrogens with zero attached hydrogens (tertiary/aromatic N) is 2. The molecule has 2 N–H and O–H groups in total. The normalized spacial score (nSPS) is 16.3. The van der Waals surface area contributed by atoms with E-state index in [0.29, 0.717) is 5.56 Å². The predicted molar refractivity (Wildman–Crippen MR) is 99.6 cm³/mol. The summed E-state index contributed by atoms with van der Waals surface area (Å²) in [4.78, 5) is 13.9. The molecule has 1 aliphatic rings. The van der Waals surface area contributed by atoms with Crippen molar-refractivity contribution < 1.29 is 28.4 Å². The van der Waals surface area contributed by atoms with Gasteiger partial charge in [-0.25, -0.2) is 0 Å². The number of carbonyl (C=O) groups excluding carboxylic acids is 1. The highest BCUT2D eigenvalue weighted by Crippen LogP contribution is 2.38. The van der Waals surface area contributed by atoms with Crippen molar-refractivity contribution >= 4 is 51.7 Å². The Morgan fingerprint density at radius 3 is 2.37 bits per heavy atom. The minimum absolute atomic E-state index is 0.0438. The molecule has 2 aromatic rings. The Morgan fingerprint density at radius 1 is 1.11 bits per heavy atom. The van der Waals surface area contributed by atoms with Gasteiger partial charge in [0, 0.05) is 0 Å². The number of hydrogen-bond donors (Lipinski definition) is 2. The molecule has 0 radical (unpaired) electrons. The van der Waals surface area contributed by atoms with Gasteiger partial charge in [0.25, 0.3) is 5.91 Å². The van der Waals surface area contributed by atoms with Gasteiger partial charge in [-0.2, -0.15) is 13.2 Å². The van der Waals surface area contributed by atoms with Gasteiger partial charge in [0.15, 0.2) is 4.32 Å². The summed E-state index contributed by atoms with van der Waals surface area (Å²) in [6, 6.07) is 10.3. The molecule has 10 heteroatoms. The fourth-order valence-electron chi connectivity index (χ4n) is 2.37. The molecule has 1 amide bonds. The molecule has 140 valence electrons. The van der Waals surface area contributed by atoms with E-state index in [9.17, 15) is 18.0 Å². The molecule has 2 aromatic carbocycles. The topological polar surface area (TPSA) is 64.0 Å². The summed E-state index contributed by atoms with van der Waals surface area (Å²) in [6.45, 7) is 0. The van der Waals surface area contributed by atoms with Crippen LogP contribution in [0, 0.1) is 0 Å². The Bertz CT molecular complexity index is 928. The van der Waals surface area contributed by atoms with Crippen molar-refractivity contribution in [1.29, 1.82) is 0 Å². The number of halogens is 3. The molecule has 0 spiro atoms. The van der Waals surface area contributed by atoms with Gasteiger partial charge in [-0.05, 0) is 42.0 Å². The third-order valence-electron chi connectivity index (χ3n) is 3.65. The minimum Gasteiger partial charge on any atom is -0.268 e. The zero-order valence-electron chi connectivity index (χ0n) is 13.3. The highest BCUT2D eigenvalue weighted by atomic mass is 32.2. The molecule has 0 unspecified atom stereocenters. The van der Waals surface area contributed by atoms with Gasteiger partial charge in [-0.3, -0.25) is 20.1 Å². The summed E-state index contributed by atoms with van der Waals surface area (Å²) in [5.74, 6) is -0.528. The fourth-order valence-corrected chi connectivity index (χ4v) is 3.67. The first-order valence-corrected chi connectivity index (χ1v) is 8.62. The fraction of sp³-hybridized carbons (Fsp3) is 0.0588. The number of benzene rings is 2. The SMILES string of the molecule is O=C1/C(=C/c2ccc(N(O)O)cc2)SC(=S)N1c1cccc(C(F)(F)F)c1. The predicted octanol–water partition coefficient (Wildman–Crippen LogP) is 4.70. The lowest BCUT2D eigenvalue weighted by Crippen LogP contribution is -2.27. The second-order valence-corrected chi connectivity index (χ2v) is 7.12. The van der Waals surface area contributed by atoms with Crippen LogP contribution >= 0.6 is 24.0 Å². The summed E-state index contributed by atoms with van der Waals surface area (Å²) < 4.78 is 38.9. The number of carbonyl (C=O) groups is 1. The van der Waals surface area contributed by atoms with Crippen molar-refractivity contribution in [2.45, 2.75) is 6.18 Å². The molecule has 1 saturated heterocycles. The number of alkyl halides is 3. The lowest BCUT2D eigenvalue weighted by Gasteiger charge is -2.16. The molecule has 0 saturated carbocycles. The maximum absolute atomic E-state index is 12.9. The average molecular weight is 412 g/mol. The molecular formula is C17H11F3N2O3S2. The van der Waals surface area contributed by atoms with Gasteiger partial charge < -0.3 is 0 Å². The number of amides is 1. The van der Waals surface area contributed by atoms with Crippen molar-refractivity contribution in [3.05, 3.63) is 64.6 Å². The van der Waals surface area contributed by atoms with Gasteiger partial charge in [-0.1, -0.05) is 42.2 Å². The smallest absolute Gasteiger partial charge is 0.268 e. The largest absolute Gasteiger partial charge is 0.416 e. The van der Waals surface area contributed by atoms with E-state index in [-0.39, 0.29) is 25.8 Å². The first kappa shape index (κ1) is 19.4. The zero-order valence-corrected chi connectivity index (χ0v) is 15.0. The molecule has 0 bridgehead atoms. The van der Waals surface area contributed by atoms with E-state index in [1.54, 1.807) is 12.1 Å². The number of hydrogen-bond acceptors (Lipinski definition) is 6. The van der Waals surface area contributed by atoms with Crippen molar-refractivity contribution in [2.75, 3.05) is 10.1 Å². The standard InChI is InChI=1S/C17H11F3N2O3S2/c18-17(19,20)11-2-1-3-13(9-11)21-15(23)14(27-16(21)26)8-10-4-6-12(7-5-10)22(24)25/h1-9,24-25H/b14-8-. The second-order valence-electron chi connectivity index (χ2n) is 5.45. The van der Waals surface area contributed by atoms with Crippen LogP contribution in [0.4, 0.5) is 24.5 Å². The second kappa shape index (κ2) is 7.31. The van der Waals surface area contributed by atoms with Gasteiger partial charge in [0.2, 0.25) is 0 Å². The van der Waals surface area contributed by atoms with Crippen molar-refractivity contribution in [2.24, 2.45) is 0 Å². The first-order valence-electron chi connectivity index (χ1n) is 7.40. The van der Waals surface area contributed by atoms with E-state index < -0.39 is 17.6 Å². The third kappa shape index (κ3) is 4.14. The summed E-state index contributed by atoms with van der Waals surface area (Å²) in [6.07, 6.45) is -3.00. The van der Waals surface area contributed by atoms with E-state index in [0.717, 1.165) is 28.8 Å². The third-order valence-corrected chi connectivity index (χ3v) is 4.95. The van der Waals surface area contributed by atoms with Crippen molar-refractivity contribution in [3.63, 3.8) is 0 Å². The van der Waals surface area contributed by atoms with Crippen LogP contribution in [0.5, 0.6) is 0 Å². The van der Waals surface area contributed by atoms with Crippen LogP contribution in [0.25, 0.3) is 6.08 Å². The quantitative estimate of drug-likeness (QED) is 0.433. The molecule has 3 rings (SSSR count). The first-order chi connectivity index (χ1) is 12.7. The highest BCUT2D eigenvalue weighted by Gasteiger charge is 2.36. The van der Waals surface area contributed by atoms with Gasteiger partial charge in [-0.15, -0.1) is 5.23 Å². The molecule has 1 fully saturated rings. The Labute approximate surface area is 161 Å². The maximum Gasteiger partial charge on any atom is 0.416 e. The molecule has 1 heterocycles. The highest BCUT2D eigenvalue weighted by molar-refractivity contribution is 8.27. The van der Waals surface area contributed by atoms with Crippen LogP contribution in [-0.2, 0) is 11.0 Å². The molecule has 5 nitrogen and oxygen atoms in total. The van der Waals surface area contributed by atoms with E-state index in [1.165, 1.54) is 30.3 Å². The Kier molecular flexibility index (Phi) is 5.24. The number of anilines is 2. The maximum atomic E-state index is 12.9. The molecule has 0 aliphatic carbocycles. The summed E-state index contributed by atoms with van der Waals surface area (Å²) >= 11 is 6.13. The molecule has 0 aromatic heterocycles. The van der Waals surface area contributed by atoms with Crippen molar-refractivity contribution in [1.82, 2.24) is 0 Å². The minimum atomic E-state index is -4.53. The van der Waals surface area contributed by atoms with Crippen molar-refractivity contribution in [3.8, 4) is 0 Å².